The van der Waals surface area contributed by atoms with Crippen molar-refractivity contribution in [2.75, 3.05) is 13.2 Å². The Balaban J connectivity index is 2.97. The molecule has 0 saturated heterocycles. The van der Waals surface area contributed by atoms with Crippen LogP contribution >= 0.6 is 0 Å². The molecule has 1 rings (SSSR count). The molecule has 0 aliphatic heterocycles. The molecule has 23 heavy (non-hydrogen) atoms. The van der Waals surface area contributed by atoms with Gasteiger partial charge in [0.15, 0.2) is 0 Å². The first-order chi connectivity index (χ1) is 10.8. The molecule has 8 heteroatoms. The third-order valence-electron chi connectivity index (χ3n) is 2.74. The number of halogens is 2. The zero-order valence-electron chi connectivity index (χ0n) is 12.0. The third-order valence-corrected chi connectivity index (χ3v) is 2.74. The van der Waals surface area contributed by atoms with E-state index in [2.05, 4.69) is 16.1 Å². The average molecular weight is 330 g/mol. The summed E-state index contributed by atoms with van der Waals surface area (Å²) in [6.45, 7) is 1.58. The number of rotatable bonds is 8. The van der Waals surface area contributed by atoms with Gasteiger partial charge in [-0.05, 0) is 12.1 Å². The molecule has 1 aromatic rings. The monoisotopic (exact) mass is 330 g/mol. The highest BCUT2D eigenvalue weighted by atomic mass is 19.3. The summed E-state index contributed by atoms with van der Waals surface area (Å²) in [5.74, 6) is -7.54. The molecule has 2 unspecified atom stereocenters. The van der Waals surface area contributed by atoms with E-state index in [0.717, 1.165) is 6.08 Å². The zero-order valence-corrected chi connectivity index (χ0v) is 12.0. The molecule has 0 radical (unpaired) electrons. The molecule has 2 N–H and O–H groups in total. The molecule has 0 aliphatic carbocycles. The van der Waals surface area contributed by atoms with E-state index < -0.39 is 43.3 Å². The molecule has 0 amide bonds. The van der Waals surface area contributed by atoms with Gasteiger partial charge in [0.05, 0.1) is 12.2 Å². The highest BCUT2D eigenvalue weighted by Crippen LogP contribution is 2.27. The van der Waals surface area contributed by atoms with Crippen molar-refractivity contribution in [3.8, 4) is 0 Å². The Labute approximate surface area is 130 Å². The molecule has 0 heterocycles. The number of aliphatic hydroxyl groups is 2. The largest absolute Gasteiger partial charge is 0.457 e. The Kier molecular flexibility index (Phi) is 6.80. The molecule has 0 spiro atoms. The van der Waals surface area contributed by atoms with E-state index in [1.54, 1.807) is 6.07 Å². The maximum Gasteiger partial charge on any atom is 0.381 e. The van der Waals surface area contributed by atoms with E-state index in [9.17, 15) is 23.5 Å². The van der Waals surface area contributed by atoms with Gasteiger partial charge < -0.3 is 19.7 Å². The summed E-state index contributed by atoms with van der Waals surface area (Å²) in [5, 5.41) is 18.4. The number of esters is 2. The van der Waals surface area contributed by atoms with Crippen LogP contribution < -0.4 is 0 Å². The Bertz CT molecular complexity index is 546. The maximum atomic E-state index is 14.1. The van der Waals surface area contributed by atoms with Crippen LogP contribution in [0.1, 0.15) is 10.4 Å². The molecule has 2 atom stereocenters. The molecule has 0 fully saturated rings. The van der Waals surface area contributed by atoms with Crippen molar-refractivity contribution in [3.05, 3.63) is 48.6 Å². The summed E-state index contributed by atoms with van der Waals surface area (Å²) in [4.78, 5) is 23.2. The molecular weight excluding hydrogens is 314 g/mol. The minimum absolute atomic E-state index is 0.0575. The Hall–Kier alpha value is -2.32. The van der Waals surface area contributed by atoms with E-state index in [4.69, 9.17) is 5.11 Å². The first-order valence-electron chi connectivity index (χ1n) is 6.55. The predicted octanol–water partition coefficient (Wildman–Crippen LogP) is 0.930. The minimum Gasteiger partial charge on any atom is -0.457 e. The number of carbonyl (C=O) groups is 2. The van der Waals surface area contributed by atoms with Crippen LogP contribution in [0, 0.1) is 0 Å². The van der Waals surface area contributed by atoms with Gasteiger partial charge in [-0.3, -0.25) is 0 Å². The summed E-state index contributed by atoms with van der Waals surface area (Å²) in [7, 11) is 0. The van der Waals surface area contributed by atoms with E-state index >= 15 is 0 Å². The first kappa shape index (κ1) is 18.7. The van der Waals surface area contributed by atoms with E-state index in [-0.39, 0.29) is 5.56 Å². The van der Waals surface area contributed by atoms with E-state index in [0.29, 0.717) is 0 Å². The van der Waals surface area contributed by atoms with Gasteiger partial charge >= 0.3 is 17.9 Å². The average Bonchev–Trinajstić information content (AvgIpc) is 2.57. The Morgan fingerprint density at radius 2 is 1.91 bits per heavy atom. The number of ether oxygens (including phenoxy) is 2. The molecular formula is C15H16F2O6. The fourth-order valence-electron chi connectivity index (χ4n) is 1.59. The van der Waals surface area contributed by atoms with E-state index in [1.807, 2.05) is 0 Å². The molecule has 0 bridgehead atoms. The molecule has 0 saturated carbocycles. The van der Waals surface area contributed by atoms with Crippen molar-refractivity contribution in [2.24, 2.45) is 0 Å². The number of hydrogen-bond acceptors (Lipinski definition) is 6. The zero-order chi connectivity index (χ0) is 17.5. The van der Waals surface area contributed by atoms with Crippen molar-refractivity contribution in [1.82, 2.24) is 0 Å². The molecule has 0 aliphatic rings. The van der Waals surface area contributed by atoms with Crippen LogP contribution in [-0.2, 0) is 14.3 Å². The lowest BCUT2D eigenvalue weighted by molar-refractivity contribution is -0.201. The van der Waals surface area contributed by atoms with Crippen molar-refractivity contribution in [2.45, 2.75) is 18.1 Å². The summed E-state index contributed by atoms with van der Waals surface area (Å²) in [5.41, 5.74) is -0.0575. The summed E-state index contributed by atoms with van der Waals surface area (Å²) < 4.78 is 36.9. The summed E-state index contributed by atoms with van der Waals surface area (Å²) >= 11 is 0. The predicted molar refractivity (Wildman–Crippen MR) is 74.8 cm³/mol. The van der Waals surface area contributed by atoms with Crippen molar-refractivity contribution < 1.29 is 38.1 Å². The molecule has 1 aromatic carbocycles. The van der Waals surface area contributed by atoms with Crippen LogP contribution in [0.3, 0.4) is 0 Å². The van der Waals surface area contributed by atoms with Gasteiger partial charge in [-0.1, -0.05) is 30.9 Å². The van der Waals surface area contributed by atoms with Gasteiger partial charge in [0, 0.05) is 0 Å². The molecule has 126 valence electrons. The van der Waals surface area contributed by atoms with Gasteiger partial charge in [-0.2, -0.15) is 8.78 Å². The van der Waals surface area contributed by atoms with Gasteiger partial charge in [0.2, 0.25) is 6.10 Å². The third kappa shape index (κ3) is 4.83. The van der Waals surface area contributed by atoms with Crippen LogP contribution in [-0.4, -0.2) is 53.5 Å². The fraction of sp³-hybridized carbons (Fsp3) is 0.333. The second-order valence-electron chi connectivity index (χ2n) is 4.45. The SMILES string of the molecule is C=CCOC(=O)C(F)(F)C(OC(=O)c1ccccc1)C(O)CO. The van der Waals surface area contributed by atoms with Gasteiger partial charge in [0.1, 0.15) is 12.7 Å². The normalized spacial score (nSPS) is 13.7. The number of benzene rings is 1. The lowest BCUT2D eigenvalue weighted by Gasteiger charge is -2.27. The van der Waals surface area contributed by atoms with Crippen LogP contribution in [0.25, 0.3) is 0 Å². The Morgan fingerprint density at radius 3 is 2.43 bits per heavy atom. The standard InChI is InChI=1S/C15H16F2O6/c1-2-8-22-14(21)15(16,17)12(11(19)9-18)23-13(20)10-6-4-3-5-7-10/h2-7,11-12,18-19H,1,8-9H2. The van der Waals surface area contributed by atoms with Crippen molar-refractivity contribution >= 4 is 11.9 Å². The molecule has 0 aromatic heterocycles. The van der Waals surface area contributed by atoms with E-state index in [1.165, 1.54) is 24.3 Å². The lowest BCUT2D eigenvalue weighted by atomic mass is 10.1. The second kappa shape index (κ2) is 8.35. The lowest BCUT2D eigenvalue weighted by Crippen LogP contribution is -2.52. The first-order valence-corrected chi connectivity index (χ1v) is 6.55. The van der Waals surface area contributed by atoms with Crippen LogP contribution in [0.15, 0.2) is 43.0 Å². The second-order valence-corrected chi connectivity index (χ2v) is 4.45. The maximum absolute atomic E-state index is 14.1. The Morgan fingerprint density at radius 1 is 1.30 bits per heavy atom. The van der Waals surface area contributed by atoms with Crippen molar-refractivity contribution in [1.29, 1.82) is 0 Å². The quantitative estimate of drug-likeness (QED) is 0.544. The van der Waals surface area contributed by atoms with Gasteiger partial charge in [-0.25, -0.2) is 9.59 Å². The summed E-state index contributed by atoms with van der Waals surface area (Å²) in [6.07, 6.45) is -3.70. The number of carbonyl (C=O) groups excluding carboxylic acids is 2. The number of alkyl halides is 2. The number of hydrogen-bond donors (Lipinski definition) is 2. The van der Waals surface area contributed by atoms with Crippen molar-refractivity contribution in [3.63, 3.8) is 0 Å². The highest BCUT2D eigenvalue weighted by molar-refractivity contribution is 5.90. The fourth-order valence-corrected chi connectivity index (χ4v) is 1.59. The van der Waals surface area contributed by atoms with Crippen LogP contribution in [0.4, 0.5) is 8.78 Å². The smallest absolute Gasteiger partial charge is 0.381 e. The number of aliphatic hydroxyl groups excluding tert-OH is 2. The van der Waals surface area contributed by atoms with Crippen LogP contribution in [0.2, 0.25) is 0 Å². The van der Waals surface area contributed by atoms with Gasteiger partial charge in [-0.15, -0.1) is 0 Å². The van der Waals surface area contributed by atoms with Gasteiger partial charge in [0.25, 0.3) is 0 Å². The highest BCUT2D eigenvalue weighted by Gasteiger charge is 2.54. The minimum atomic E-state index is -4.35. The topological polar surface area (TPSA) is 93.1 Å². The summed E-state index contributed by atoms with van der Waals surface area (Å²) in [6, 6.07) is 7.16. The molecule has 6 nitrogen and oxygen atoms in total. The van der Waals surface area contributed by atoms with Crippen LogP contribution in [0.5, 0.6) is 0 Å².